The van der Waals surface area contributed by atoms with E-state index in [0.717, 1.165) is 24.4 Å². The Kier molecular flexibility index (Phi) is 3.57. The number of benzene rings is 1. The number of primary amides is 1. The van der Waals surface area contributed by atoms with E-state index < -0.39 is 0 Å². The highest BCUT2D eigenvalue weighted by molar-refractivity contribution is 5.95. The molecule has 1 saturated heterocycles. The first-order valence-electron chi connectivity index (χ1n) is 6.25. The molecule has 1 fully saturated rings. The number of amides is 1. The second kappa shape index (κ2) is 4.98. The predicted molar refractivity (Wildman–Crippen MR) is 71.0 cm³/mol. The Morgan fingerprint density at radius 2 is 2.11 bits per heavy atom. The number of hydrogen-bond acceptors (Lipinski definition) is 3. The minimum Gasteiger partial charge on any atom is -0.496 e. The fraction of sp³-hybridized carbons (Fsp3) is 0.500. The molecule has 1 heterocycles. The molecule has 0 atom stereocenters. The molecule has 1 aromatic carbocycles. The van der Waals surface area contributed by atoms with Crippen LogP contribution in [0.1, 0.15) is 35.7 Å². The third-order valence-corrected chi connectivity index (χ3v) is 3.60. The van der Waals surface area contributed by atoms with E-state index in [9.17, 15) is 4.79 Å². The molecule has 0 saturated carbocycles. The maximum atomic E-state index is 11.5. The largest absolute Gasteiger partial charge is 0.496 e. The number of methoxy groups -OCH3 is 1. The highest BCUT2D eigenvalue weighted by atomic mass is 16.5. The van der Waals surface area contributed by atoms with Crippen LogP contribution >= 0.6 is 0 Å². The monoisotopic (exact) mass is 248 g/mol. The van der Waals surface area contributed by atoms with Gasteiger partial charge in [0.2, 0.25) is 5.91 Å². The molecule has 0 aliphatic carbocycles. The zero-order valence-electron chi connectivity index (χ0n) is 11.1. The van der Waals surface area contributed by atoms with Crippen molar-refractivity contribution in [2.24, 2.45) is 5.73 Å². The van der Waals surface area contributed by atoms with E-state index in [1.807, 2.05) is 6.07 Å². The van der Waals surface area contributed by atoms with Crippen LogP contribution in [0.15, 0.2) is 18.2 Å². The van der Waals surface area contributed by atoms with E-state index in [1.54, 1.807) is 19.2 Å². The minimum atomic E-state index is -0.383. The lowest BCUT2D eigenvalue weighted by Crippen LogP contribution is -2.49. The van der Waals surface area contributed by atoms with Gasteiger partial charge in [-0.1, -0.05) is 6.07 Å². The zero-order valence-corrected chi connectivity index (χ0v) is 11.1. The maximum absolute atomic E-state index is 11.5. The predicted octanol–water partition coefficient (Wildman–Crippen LogP) is 1.60. The van der Waals surface area contributed by atoms with Crippen molar-refractivity contribution < 1.29 is 9.53 Å². The van der Waals surface area contributed by atoms with Crippen LogP contribution in [0.3, 0.4) is 0 Å². The van der Waals surface area contributed by atoms with Gasteiger partial charge >= 0.3 is 0 Å². The Morgan fingerprint density at radius 1 is 1.44 bits per heavy atom. The second-order valence-electron chi connectivity index (χ2n) is 5.03. The molecule has 2 N–H and O–H groups in total. The van der Waals surface area contributed by atoms with E-state index in [-0.39, 0.29) is 5.91 Å². The van der Waals surface area contributed by atoms with Crippen molar-refractivity contribution in [3.63, 3.8) is 0 Å². The summed E-state index contributed by atoms with van der Waals surface area (Å²) in [6, 6.07) is 6.01. The molecule has 98 valence electrons. The summed E-state index contributed by atoms with van der Waals surface area (Å²) in [4.78, 5) is 13.9. The molecule has 0 radical (unpaired) electrons. The number of likely N-dealkylation sites (tertiary alicyclic amines) is 1. The number of nitrogens with zero attached hydrogens (tertiary/aromatic N) is 1. The first-order chi connectivity index (χ1) is 8.54. The second-order valence-corrected chi connectivity index (χ2v) is 5.03. The third-order valence-electron chi connectivity index (χ3n) is 3.60. The van der Waals surface area contributed by atoms with Gasteiger partial charge in [-0.25, -0.2) is 0 Å². The van der Waals surface area contributed by atoms with Gasteiger partial charge in [-0.3, -0.25) is 9.69 Å². The van der Waals surface area contributed by atoms with Crippen LogP contribution in [-0.4, -0.2) is 37.0 Å². The van der Waals surface area contributed by atoms with Crippen LogP contribution in [0, 0.1) is 0 Å². The summed E-state index contributed by atoms with van der Waals surface area (Å²) in [6.45, 7) is 6.26. The number of carbonyl (C=O) groups is 1. The number of rotatable bonds is 4. The number of carbonyl (C=O) groups excluding carboxylic acids is 1. The molecule has 4 heteroatoms. The lowest BCUT2D eigenvalue weighted by Gasteiger charge is -2.43. The van der Waals surface area contributed by atoms with Gasteiger partial charge in [0, 0.05) is 36.2 Å². The minimum absolute atomic E-state index is 0.339. The zero-order chi connectivity index (χ0) is 13.3. The first-order valence-corrected chi connectivity index (χ1v) is 6.25. The van der Waals surface area contributed by atoms with Crippen molar-refractivity contribution in [3.05, 3.63) is 29.3 Å². The van der Waals surface area contributed by atoms with Gasteiger partial charge in [0.15, 0.2) is 0 Å². The highest BCUT2D eigenvalue weighted by Gasteiger charge is 2.33. The average Bonchev–Trinajstić information content (AvgIpc) is 2.26. The first kappa shape index (κ1) is 12.9. The van der Waals surface area contributed by atoms with Gasteiger partial charge in [-0.05, 0) is 26.0 Å². The normalized spacial score (nSPS) is 16.7. The van der Waals surface area contributed by atoms with Crippen LogP contribution in [0.2, 0.25) is 0 Å². The highest BCUT2D eigenvalue weighted by Crippen LogP contribution is 2.36. The van der Waals surface area contributed by atoms with Gasteiger partial charge in [0.25, 0.3) is 0 Å². The molecular weight excluding hydrogens is 228 g/mol. The smallest absolute Gasteiger partial charge is 0.249 e. The van der Waals surface area contributed by atoms with Crippen molar-refractivity contribution in [2.45, 2.75) is 25.8 Å². The fourth-order valence-electron chi connectivity index (χ4n) is 2.47. The van der Waals surface area contributed by atoms with Crippen molar-refractivity contribution in [1.82, 2.24) is 4.90 Å². The van der Waals surface area contributed by atoms with Gasteiger partial charge in [0.1, 0.15) is 5.75 Å². The Morgan fingerprint density at radius 3 is 2.61 bits per heavy atom. The molecule has 1 aliphatic heterocycles. The topological polar surface area (TPSA) is 55.6 Å². The maximum Gasteiger partial charge on any atom is 0.249 e. The van der Waals surface area contributed by atoms with Crippen LogP contribution < -0.4 is 10.5 Å². The summed E-state index contributed by atoms with van der Waals surface area (Å²) >= 11 is 0. The Balaban J connectivity index is 2.29. The summed E-state index contributed by atoms with van der Waals surface area (Å²) < 4.78 is 5.36. The molecule has 0 spiro atoms. The summed E-state index contributed by atoms with van der Waals surface area (Å²) in [5.41, 5.74) is 6.99. The van der Waals surface area contributed by atoms with Crippen molar-refractivity contribution in [3.8, 4) is 5.75 Å². The van der Waals surface area contributed by atoms with E-state index in [1.165, 1.54) is 0 Å². The van der Waals surface area contributed by atoms with E-state index in [4.69, 9.17) is 10.5 Å². The van der Waals surface area contributed by atoms with Crippen molar-refractivity contribution >= 4 is 5.91 Å². The molecular formula is C14H20N2O2. The molecule has 4 nitrogen and oxygen atoms in total. The van der Waals surface area contributed by atoms with E-state index in [0.29, 0.717) is 17.5 Å². The van der Waals surface area contributed by atoms with E-state index in [2.05, 4.69) is 18.7 Å². The number of ether oxygens (including phenoxy) is 1. The molecule has 1 amide bonds. The van der Waals surface area contributed by atoms with Crippen LogP contribution in [0.5, 0.6) is 5.75 Å². The molecule has 0 bridgehead atoms. The Labute approximate surface area is 108 Å². The Bertz CT molecular complexity index is 451. The molecule has 2 rings (SSSR count). The van der Waals surface area contributed by atoms with Crippen molar-refractivity contribution in [2.75, 3.05) is 20.2 Å². The van der Waals surface area contributed by atoms with Crippen LogP contribution in [0.25, 0.3) is 0 Å². The molecule has 0 unspecified atom stereocenters. The summed E-state index contributed by atoms with van der Waals surface area (Å²) in [6.07, 6.45) is 0. The fourth-order valence-corrected chi connectivity index (χ4v) is 2.47. The summed E-state index contributed by atoms with van der Waals surface area (Å²) in [7, 11) is 1.63. The number of nitrogens with two attached hydrogens (primary N) is 1. The number of hydrogen-bond donors (Lipinski definition) is 1. The third kappa shape index (κ3) is 2.20. The SMILES string of the molecule is COc1cccc(C(N)=O)c1C1CN(C(C)C)C1. The summed E-state index contributed by atoms with van der Waals surface area (Å²) in [5.74, 6) is 0.720. The lowest BCUT2D eigenvalue weighted by atomic mass is 9.86. The molecule has 1 aromatic rings. The molecule has 1 aliphatic rings. The standard InChI is InChI=1S/C14H20N2O2/c1-9(2)16-7-10(8-16)13-11(14(15)17)5-4-6-12(13)18-3/h4-6,9-10H,7-8H2,1-3H3,(H2,15,17). The van der Waals surface area contributed by atoms with Crippen LogP contribution in [-0.2, 0) is 0 Å². The van der Waals surface area contributed by atoms with Crippen molar-refractivity contribution in [1.29, 1.82) is 0 Å². The average molecular weight is 248 g/mol. The lowest BCUT2D eigenvalue weighted by molar-refractivity contribution is 0.0974. The Hall–Kier alpha value is -1.55. The van der Waals surface area contributed by atoms with E-state index >= 15 is 0 Å². The summed E-state index contributed by atoms with van der Waals surface area (Å²) in [5, 5.41) is 0. The van der Waals surface area contributed by atoms with Crippen LogP contribution in [0.4, 0.5) is 0 Å². The molecule has 18 heavy (non-hydrogen) atoms. The van der Waals surface area contributed by atoms with Gasteiger partial charge in [-0.15, -0.1) is 0 Å². The van der Waals surface area contributed by atoms with Gasteiger partial charge in [0.05, 0.1) is 7.11 Å². The van der Waals surface area contributed by atoms with Gasteiger partial charge < -0.3 is 10.5 Å². The molecule has 0 aromatic heterocycles. The van der Waals surface area contributed by atoms with Gasteiger partial charge in [-0.2, -0.15) is 0 Å². The quantitative estimate of drug-likeness (QED) is 0.880.